The minimum absolute atomic E-state index is 0.284. The van der Waals surface area contributed by atoms with Crippen LogP contribution in [0.4, 0.5) is 5.95 Å². The molecule has 5 aromatic rings. The predicted molar refractivity (Wildman–Crippen MR) is 114 cm³/mol. The van der Waals surface area contributed by atoms with Crippen molar-refractivity contribution in [1.82, 2.24) is 19.9 Å². The Morgan fingerprint density at radius 1 is 0.966 bits per heavy atom. The number of imidazole rings is 1. The zero-order valence-corrected chi connectivity index (χ0v) is 15.6. The second-order valence-corrected chi connectivity index (χ2v) is 6.92. The van der Waals surface area contributed by atoms with E-state index >= 15 is 0 Å². The van der Waals surface area contributed by atoms with Crippen molar-refractivity contribution in [2.24, 2.45) is 0 Å². The summed E-state index contributed by atoms with van der Waals surface area (Å²) in [6, 6.07) is 20.2. The van der Waals surface area contributed by atoms with Crippen molar-refractivity contribution in [2.45, 2.75) is 12.8 Å². The molecule has 0 unspecified atom stereocenters. The molecule has 142 valence electrons. The molecule has 29 heavy (non-hydrogen) atoms. The molecule has 0 aliphatic carbocycles. The highest BCUT2D eigenvalue weighted by molar-refractivity contribution is 6.11. The van der Waals surface area contributed by atoms with Gasteiger partial charge in [0.15, 0.2) is 0 Å². The van der Waals surface area contributed by atoms with Gasteiger partial charge in [-0.25, -0.2) is 9.97 Å². The van der Waals surface area contributed by atoms with Crippen LogP contribution in [0.15, 0.2) is 73.1 Å². The second-order valence-electron chi connectivity index (χ2n) is 6.92. The summed E-state index contributed by atoms with van der Waals surface area (Å²) in [4.78, 5) is 27.9. The van der Waals surface area contributed by atoms with Crippen LogP contribution in [0.5, 0.6) is 0 Å². The minimum atomic E-state index is -0.284. The lowest BCUT2D eigenvalue weighted by Gasteiger charge is -2.07. The number of pyridine rings is 1. The first kappa shape index (κ1) is 17.2. The van der Waals surface area contributed by atoms with E-state index in [1.165, 1.54) is 5.56 Å². The number of fused-ring (bicyclic) bond motifs is 3. The molecule has 2 aromatic carbocycles. The number of benzene rings is 2. The fourth-order valence-electron chi connectivity index (χ4n) is 3.62. The topological polar surface area (TPSA) is 86.5 Å². The number of amides is 1. The van der Waals surface area contributed by atoms with Gasteiger partial charge in [0.1, 0.15) is 5.69 Å². The van der Waals surface area contributed by atoms with E-state index in [-0.39, 0.29) is 5.91 Å². The third kappa shape index (κ3) is 3.36. The summed E-state index contributed by atoms with van der Waals surface area (Å²) in [5.41, 5.74) is 4.52. The first-order valence-corrected chi connectivity index (χ1v) is 9.53. The molecule has 0 fully saturated rings. The molecule has 3 heterocycles. The number of anilines is 1. The molecule has 0 spiro atoms. The van der Waals surface area contributed by atoms with E-state index in [4.69, 9.17) is 4.98 Å². The lowest BCUT2D eigenvalue weighted by atomic mass is 10.1. The standard InChI is InChI=1S/C23H19N5O/c29-22(28-23-24-12-13-25-23)20-14-17-16-8-4-5-9-18(16)27-21(17)19(26-20)11-10-15-6-2-1-3-7-15/h1-9,12-14,27H,10-11H2,(H2,24,25,28,29). The molecule has 3 aromatic heterocycles. The minimum Gasteiger partial charge on any atom is -0.353 e. The zero-order valence-electron chi connectivity index (χ0n) is 15.6. The third-order valence-electron chi connectivity index (χ3n) is 5.03. The average Bonchev–Trinajstić information content (AvgIpc) is 3.40. The van der Waals surface area contributed by atoms with Crippen molar-refractivity contribution in [3.8, 4) is 0 Å². The molecule has 0 radical (unpaired) electrons. The smallest absolute Gasteiger partial charge is 0.276 e. The summed E-state index contributed by atoms with van der Waals surface area (Å²) in [5, 5.41) is 4.85. The number of nitrogens with zero attached hydrogens (tertiary/aromatic N) is 2. The van der Waals surface area contributed by atoms with Crippen LogP contribution < -0.4 is 5.32 Å². The van der Waals surface area contributed by atoms with E-state index in [1.54, 1.807) is 12.4 Å². The highest BCUT2D eigenvalue weighted by Crippen LogP contribution is 2.28. The lowest BCUT2D eigenvalue weighted by Crippen LogP contribution is -2.15. The van der Waals surface area contributed by atoms with Crippen LogP contribution in [0.25, 0.3) is 21.8 Å². The summed E-state index contributed by atoms with van der Waals surface area (Å²) in [5.74, 6) is 0.120. The van der Waals surface area contributed by atoms with Gasteiger partial charge in [0, 0.05) is 28.7 Å². The predicted octanol–water partition coefficient (Wildman–Crippen LogP) is 4.48. The highest BCUT2D eigenvalue weighted by atomic mass is 16.2. The third-order valence-corrected chi connectivity index (χ3v) is 5.03. The van der Waals surface area contributed by atoms with E-state index in [2.05, 4.69) is 38.5 Å². The van der Waals surface area contributed by atoms with Crippen molar-refractivity contribution >= 4 is 33.7 Å². The van der Waals surface area contributed by atoms with Crippen LogP contribution in [0.3, 0.4) is 0 Å². The van der Waals surface area contributed by atoms with Gasteiger partial charge in [-0.05, 0) is 30.5 Å². The average molecular weight is 381 g/mol. The largest absolute Gasteiger partial charge is 0.353 e. The SMILES string of the molecule is O=C(Nc1ncc[nH]1)c1cc2c([nH]c3ccccc32)c(CCc2ccccc2)n1. The number of aromatic nitrogens is 4. The number of H-pyrrole nitrogens is 2. The summed E-state index contributed by atoms with van der Waals surface area (Å²) in [6.45, 7) is 0. The summed E-state index contributed by atoms with van der Waals surface area (Å²) in [7, 11) is 0. The van der Waals surface area contributed by atoms with E-state index in [0.29, 0.717) is 11.6 Å². The van der Waals surface area contributed by atoms with Crippen molar-refractivity contribution in [3.63, 3.8) is 0 Å². The Morgan fingerprint density at radius 3 is 2.62 bits per heavy atom. The monoisotopic (exact) mass is 381 g/mol. The van der Waals surface area contributed by atoms with Crippen molar-refractivity contribution < 1.29 is 4.79 Å². The van der Waals surface area contributed by atoms with E-state index in [0.717, 1.165) is 40.3 Å². The molecule has 0 saturated carbocycles. The van der Waals surface area contributed by atoms with Crippen LogP contribution in [-0.4, -0.2) is 25.8 Å². The van der Waals surface area contributed by atoms with Gasteiger partial charge in [-0.2, -0.15) is 0 Å². The molecule has 5 rings (SSSR count). The van der Waals surface area contributed by atoms with Gasteiger partial charge < -0.3 is 9.97 Å². The Balaban J connectivity index is 1.58. The van der Waals surface area contributed by atoms with Crippen LogP contribution in [0.2, 0.25) is 0 Å². The van der Waals surface area contributed by atoms with Gasteiger partial charge in [0.05, 0.1) is 11.2 Å². The van der Waals surface area contributed by atoms with Crippen molar-refractivity contribution in [2.75, 3.05) is 5.32 Å². The molecule has 6 heteroatoms. The number of hydrogen-bond acceptors (Lipinski definition) is 3. The molecule has 0 aliphatic heterocycles. The van der Waals surface area contributed by atoms with Gasteiger partial charge in [0.2, 0.25) is 5.95 Å². The van der Waals surface area contributed by atoms with E-state index < -0.39 is 0 Å². The number of nitrogens with one attached hydrogen (secondary N) is 3. The van der Waals surface area contributed by atoms with E-state index in [1.807, 2.05) is 42.5 Å². The van der Waals surface area contributed by atoms with Gasteiger partial charge in [-0.3, -0.25) is 10.1 Å². The molecule has 6 nitrogen and oxygen atoms in total. The Labute approximate surface area is 167 Å². The maximum Gasteiger partial charge on any atom is 0.276 e. The fraction of sp³-hybridized carbons (Fsp3) is 0.0870. The molecule has 0 saturated heterocycles. The highest BCUT2D eigenvalue weighted by Gasteiger charge is 2.16. The Kier molecular flexibility index (Phi) is 4.29. The maximum atomic E-state index is 12.8. The number of carbonyl (C=O) groups excluding carboxylic acids is 1. The van der Waals surface area contributed by atoms with Crippen LogP contribution in [-0.2, 0) is 12.8 Å². The second kappa shape index (κ2) is 7.24. The maximum absolute atomic E-state index is 12.8. The van der Waals surface area contributed by atoms with Gasteiger partial charge in [-0.15, -0.1) is 0 Å². The number of carbonyl (C=O) groups is 1. The quantitative estimate of drug-likeness (QED) is 0.420. The molecular weight excluding hydrogens is 362 g/mol. The van der Waals surface area contributed by atoms with Crippen LogP contribution >= 0.6 is 0 Å². The molecule has 0 atom stereocenters. The normalized spacial score (nSPS) is 11.2. The Bertz CT molecular complexity index is 1290. The number of hydrogen-bond donors (Lipinski definition) is 3. The Morgan fingerprint density at radius 2 is 1.79 bits per heavy atom. The number of aromatic amines is 2. The van der Waals surface area contributed by atoms with Crippen LogP contribution in [0.1, 0.15) is 21.7 Å². The van der Waals surface area contributed by atoms with Gasteiger partial charge in [0.25, 0.3) is 5.91 Å². The summed E-state index contributed by atoms with van der Waals surface area (Å²) < 4.78 is 0. The molecule has 1 amide bonds. The summed E-state index contributed by atoms with van der Waals surface area (Å²) in [6.07, 6.45) is 4.84. The first-order valence-electron chi connectivity index (χ1n) is 9.53. The van der Waals surface area contributed by atoms with Crippen molar-refractivity contribution in [1.29, 1.82) is 0 Å². The molecule has 3 N–H and O–H groups in total. The zero-order chi connectivity index (χ0) is 19.6. The number of rotatable bonds is 5. The lowest BCUT2D eigenvalue weighted by molar-refractivity contribution is 0.102. The first-order chi connectivity index (χ1) is 14.3. The molecular formula is C23H19N5O. The summed E-state index contributed by atoms with van der Waals surface area (Å²) >= 11 is 0. The fourth-order valence-corrected chi connectivity index (χ4v) is 3.62. The molecule has 0 bridgehead atoms. The van der Waals surface area contributed by atoms with Crippen LogP contribution in [0, 0.1) is 0 Å². The van der Waals surface area contributed by atoms with Crippen molar-refractivity contribution in [3.05, 3.63) is 90.0 Å². The molecule has 0 aliphatic rings. The van der Waals surface area contributed by atoms with E-state index in [9.17, 15) is 4.79 Å². The Hall–Kier alpha value is -3.93. The van der Waals surface area contributed by atoms with Gasteiger partial charge in [-0.1, -0.05) is 48.5 Å². The number of aryl methyl sites for hydroxylation is 2. The number of para-hydroxylation sites is 1. The van der Waals surface area contributed by atoms with Gasteiger partial charge >= 0.3 is 0 Å².